The summed E-state index contributed by atoms with van der Waals surface area (Å²) in [6.45, 7) is 0.419. The summed E-state index contributed by atoms with van der Waals surface area (Å²) in [5.74, 6) is -0.130. The van der Waals surface area contributed by atoms with Crippen LogP contribution in [-0.4, -0.2) is 42.5 Å². The third kappa shape index (κ3) is 3.25. The molecule has 1 N–H and O–H groups in total. The minimum atomic E-state index is -0.742. The van der Waals surface area contributed by atoms with Crippen LogP contribution in [0.4, 0.5) is 5.69 Å². The SMILES string of the molecule is COC[C@H]1OCN(c2ccc3nc([C@H](O)CCC#N)sc3c2)C1=O. The first-order valence-electron chi connectivity index (χ1n) is 7.51. The van der Waals surface area contributed by atoms with Crippen LogP contribution < -0.4 is 4.90 Å². The fourth-order valence-electron chi connectivity index (χ4n) is 2.51. The maximum atomic E-state index is 12.3. The molecule has 0 saturated carbocycles. The van der Waals surface area contributed by atoms with Gasteiger partial charge in [0.1, 0.15) is 17.8 Å². The number of aliphatic hydroxyl groups is 1. The molecule has 1 amide bonds. The summed E-state index contributed by atoms with van der Waals surface area (Å²) in [5, 5.41) is 19.3. The van der Waals surface area contributed by atoms with Crippen molar-refractivity contribution in [3.05, 3.63) is 23.2 Å². The number of fused-ring (bicyclic) bond motifs is 1. The summed E-state index contributed by atoms with van der Waals surface area (Å²) >= 11 is 1.37. The van der Waals surface area contributed by atoms with Gasteiger partial charge in [0.25, 0.3) is 5.91 Å². The predicted molar refractivity (Wildman–Crippen MR) is 88.5 cm³/mol. The molecule has 2 aromatic rings. The fourth-order valence-corrected chi connectivity index (χ4v) is 3.53. The molecule has 2 heterocycles. The van der Waals surface area contributed by atoms with Crippen LogP contribution >= 0.6 is 11.3 Å². The van der Waals surface area contributed by atoms with Crippen molar-refractivity contribution in [3.8, 4) is 6.07 Å². The van der Waals surface area contributed by atoms with Crippen molar-refractivity contribution in [1.29, 1.82) is 5.26 Å². The van der Waals surface area contributed by atoms with Gasteiger partial charge in [0.2, 0.25) is 0 Å². The number of hydrogen-bond donors (Lipinski definition) is 1. The smallest absolute Gasteiger partial charge is 0.260 e. The van der Waals surface area contributed by atoms with Crippen molar-refractivity contribution in [2.24, 2.45) is 0 Å². The van der Waals surface area contributed by atoms with Crippen LogP contribution in [0.1, 0.15) is 24.0 Å². The number of methoxy groups -OCH3 is 1. The van der Waals surface area contributed by atoms with Gasteiger partial charge in [0.15, 0.2) is 6.10 Å². The molecule has 0 unspecified atom stereocenters. The first-order valence-corrected chi connectivity index (χ1v) is 8.33. The van der Waals surface area contributed by atoms with E-state index < -0.39 is 12.2 Å². The number of thiazole rings is 1. The molecule has 1 fully saturated rings. The molecule has 1 saturated heterocycles. The van der Waals surface area contributed by atoms with E-state index in [1.807, 2.05) is 24.3 Å². The minimum Gasteiger partial charge on any atom is -0.386 e. The van der Waals surface area contributed by atoms with E-state index in [0.717, 1.165) is 15.9 Å². The quantitative estimate of drug-likeness (QED) is 0.858. The van der Waals surface area contributed by atoms with E-state index in [0.29, 0.717) is 11.4 Å². The largest absolute Gasteiger partial charge is 0.386 e. The number of nitriles is 1. The Balaban J connectivity index is 1.82. The molecular formula is C16H17N3O4S. The highest BCUT2D eigenvalue weighted by atomic mass is 32.1. The van der Waals surface area contributed by atoms with Crippen molar-refractivity contribution in [3.63, 3.8) is 0 Å². The molecule has 1 aromatic heterocycles. The maximum absolute atomic E-state index is 12.3. The molecule has 2 atom stereocenters. The summed E-state index contributed by atoms with van der Waals surface area (Å²) in [5.41, 5.74) is 1.49. The highest BCUT2D eigenvalue weighted by Gasteiger charge is 2.33. The monoisotopic (exact) mass is 347 g/mol. The Morgan fingerprint density at radius 3 is 3.21 bits per heavy atom. The summed E-state index contributed by atoms with van der Waals surface area (Å²) < 4.78 is 11.3. The van der Waals surface area contributed by atoms with E-state index in [1.165, 1.54) is 18.4 Å². The van der Waals surface area contributed by atoms with Gasteiger partial charge in [-0.1, -0.05) is 0 Å². The van der Waals surface area contributed by atoms with Crippen LogP contribution in [0.5, 0.6) is 0 Å². The molecule has 0 spiro atoms. The van der Waals surface area contributed by atoms with Crippen LogP contribution in [0.25, 0.3) is 10.2 Å². The highest BCUT2D eigenvalue weighted by molar-refractivity contribution is 7.18. The van der Waals surface area contributed by atoms with Gasteiger partial charge >= 0.3 is 0 Å². The first-order chi connectivity index (χ1) is 11.6. The number of carbonyl (C=O) groups excluding carboxylic acids is 1. The Morgan fingerprint density at radius 2 is 2.46 bits per heavy atom. The van der Waals surface area contributed by atoms with Crippen LogP contribution in [0.3, 0.4) is 0 Å². The van der Waals surface area contributed by atoms with Gasteiger partial charge in [-0.25, -0.2) is 4.98 Å². The first kappa shape index (κ1) is 16.8. The molecule has 126 valence electrons. The maximum Gasteiger partial charge on any atom is 0.260 e. The number of nitrogens with zero attached hydrogens (tertiary/aromatic N) is 3. The molecule has 1 aliphatic heterocycles. The number of anilines is 1. The van der Waals surface area contributed by atoms with Gasteiger partial charge < -0.3 is 14.6 Å². The summed E-state index contributed by atoms with van der Waals surface area (Å²) in [6.07, 6.45) is -0.674. The van der Waals surface area contributed by atoms with E-state index in [-0.39, 0.29) is 25.7 Å². The summed E-state index contributed by atoms with van der Waals surface area (Å²) in [7, 11) is 1.53. The van der Waals surface area contributed by atoms with Crippen LogP contribution in [0.2, 0.25) is 0 Å². The van der Waals surface area contributed by atoms with Gasteiger partial charge in [0, 0.05) is 19.2 Å². The van der Waals surface area contributed by atoms with Crippen LogP contribution in [0.15, 0.2) is 18.2 Å². The Morgan fingerprint density at radius 1 is 1.62 bits per heavy atom. The topological polar surface area (TPSA) is 95.7 Å². The van der Waals surface area contributed by atoms with Gasteiger partial charge in [-0.2, -0.15) is 5.26 Å². The van der Waals surface area contributed by atoms with E-state index in [2.05, 4.69) is 4.98 Å². The molecule has 0 bridgehead atoms. The van der Waals surface area contributed by atoms with Crippen molar-refractivity contribution in [2.45, 2.75) is 25.0 Å². The third-order valence-corrected chi connectivity index (χ3v) is 4.90. The number of rotatable bonds is 6. The Bertz CT molecular complexity index is 785. The average Bonchev–Trinajstić information content (AvgIpc) is 3.16. The fraction of sp³-hybridized carbons (Fsp3) is 0.438. The van der Waals surface area contributed by atoms with Crippen molar-refractivity contribution in [1.82, 2.24) is 4.98 Å². The summed E-state index contributed by atoms with van der Waals surface area (Å²) in [6, 6.07) is 7.51. The lowest BCUT2D eigenvalue weighted by Crippen LogP contribution is -2.31. The van der Waals surface area contributed by atoms with E-state index >= 15 is 0 Å². The molecule has 0 radical (unpaired) electrons. The number of hydrogen-bond acceptors (Lipinski definition) is 7. The Hall–Kier alpha value is -2.05. The van der Waals surface area contributed by atoms with Gasteiger partial charge in [-0.3, -0.25) is 9.69 Å². The minimum absolute atomic E-state index is 0.130. The van der Waals surface area contributed by atoms with Crippen molar-refractivity contribution < 1.29 is 19.4 Å². The number of ether oxygens (including phenoxy) is 2. The van der Waals surface area contributed by atoms with Crippen molar-refractivity contribution in [2.75, 3.05) is 25.3 Å². The predicted octanol–water partition coefficient (Wildman–Crippen LogP) is 1.97. The van der Waals surface area contributed by atoms with Gasteiger partial charge in [0.05, 0.1) is 22.9 Å². The standard InChI is InChI=1S/C16H17N3O4S/c1-22-8-13-16(21)19(9-23-13)10-4-5-11-14(7-10)24-15(18-11)12(20)3-2-6-17/h4-5,7,12-13,20H,2-3,8-9H2,1H3/t12-,13-/m1/s1. The molecular weight excluding hydrogens is 330 g/mol. The Labute approximate surface area is 143 Å². The third-order valence-electron chi connectivity index (χ3n) is 3.78. The lowest BCUT2D eigenvalue weighted by Gasteiger charge is -2.14. The second-order valence-electron chi connectivity index (χ2n) is 5.42. The number of carbonyl (C=O) groups is 1. The van der Waals surface area contributed by atoms with E-state index in [1.54, 1.807) is 4.90 Å². The van der Waals surface area contributed by atoms with Gasteiger partial charge in [-0.05, 0) is 24.6 Å². The summed E-state index contributed by atoms with van der Waals surface area (Å²) in [4.78, 5) is 18.3. The van der Waals surface area contributed by atoms with Crippen molar-refractivity contribution >= 4 is 33.1 Å². The number of aromatic nitrogens is 1. The molecule has 24 heavy (non-hydrogen) atoms. The molecule has 7 nitrogen and oxygen atoms in total. The van der Waals surface area contributed by atoms with Crippen LogP contribution in [0, 0.1) is 11.3 Å². The zero-order chi connectivity index (χ0) is 17.1. The zero-order valence-electron chi connectivity index (χ0n) is 13.1. The number of aliphatic hydroxyl groups excluding tert-OH is 1. The normalized spacial score (nSPS) is 19.0. The average molecular weight is 347 g/mol. The van der Waals surface area contributed by atoms with Gasteiger partial charge in [-0.15, -0.1) is 11.3 Å². The molecule has 8 heteroatoms. The Kier molecular flexibility index (Phi) is 5.06. The van der Waals surface area contributed by atoms with E-state index in [9.17, 15) is 9.90 Å². The second-order valence-corrected chi connectivity index (χ2v) is 6.48. The lowest BCUT2D eigenvalue weighted by atomic mass is 10.2. The highest BCUT2D eigenvalue weighted by Crippen LogP contribution is 2.32. The number of benzene rings is 1. The van der Waals surface area contributed by atoms with E-state index in [4.69, 9.17) is 14.7 Å². The molecule has 1 aliphatic rings. The lowest BCUT2D eigenvalue weighted by molar-refractivity contribution is -0.124. The molecule has 1 aromatic carbocycles. The molecule has 3 rings (SSSR count). The van der Waals surface area contributed by atoms with Crippen LogP contribution in [-0.2, 0) is 14.3 Å². The number of amides is 1. The zero-order valence-corrected chi connectivity index (χ0v) is 14.0. The second kappa shape index (κ2) is 7.23. The molecule has 0 aliphatic carbocycles.